The van der Waals surface area contributed by atoms with Crippen LogP contribution in [0.1, 0.15) is 39.9 Å². The van der Waals surface area contributed by atoms with E-state index in [-0.39, 0.29) is 5.91 Å². The van der Waals surface area contributed by atoms with Crippen molar-refractivity contribution in [1.29, 1.82) is 0 Å². The van der Waals surface area contributed by atoms with Crippen molar-refractivity contribution in [3.63, 3.8) is 0 Å². The number of rotatable bonds is 8. The van der Waals surface area contributed by atoms with E-state index in [0.29, 0.717) is 12.1 Å². The van der Waals surface area contributed by atoms with Gasteiger partial charge < -0.3 is 15.4 Å². The molecule has 2 aromatic carbocycles. The Morgan fingerprint density at radius 2 is 1.94 bits per heavy atom. The SMILES string of the molecule is COc1cccc(CNC(=O)c2ccc(-c3cc(NC(=C4CC4)c4ccsc4)ccc3C)nc2)c1. The lowest BCUT2D eigenvalue weighted by atomic mass is 10.0. The van der Waals surface area contributed by atoms with Crippen molar-refractivity contribution in [3.05, 3.63) is 105 Å². The number of nitrogens with one attached hydrogen (secondary N) is 2. The van der Waals surface area contributed by atoms with Crippen molar-refractivity contribution in [3.8, 4) is 17.0 Å². The molecular weight excluding hydrogens is 454 g/mol. The van der Waals surface area contributed by atoms with Crippen molar-refractivity contribution in [2.24, 2.45) is 0 Å². The van der Waals surface area contributed by atoms with Crippen LogP contribution in [0.3, 0.4) is 0 Å². The summed E-state index contributed by atoms with van der Waals surface area (Å²) >= 11 is 1.71. The first-order valence-corrected chi connectivity index (χ1v) is 12.5. The summed E-state index contributed by atoms with van der Waals surface area (Å²) < 4.78 is 5.24. The average molecular weight is 482 g/mol. The first-order chi connectivity index (χ1) is 17.1. The van der Waals surface area contributed by atoms with E-state index in [1.54, 1.807) is 24.6 Å². The normalized spacial score (nSPS) is 12.2. The van der Waals surface area contributed by atoms with Crippen molar-refractivity contribution in [2.75, 3.05) is 12.4 Å². The van der Waals surface area contributed by atoms with Crippen LogP contribution in [0, 0.1) is 6.92 Å². The second kappa shape index (κ2) is 10.2. The first kappa shape index (κ1) is 22.9. The molecular formula is C29H27N3O2S. The van der Waals surface area contributed by atoms with Crippen LogP contribution in [0.15, 0.2) is 83.2 Å². The number of amides is 1. The molecule has 0 spiro atoms. The smallest absolute Gasteiger partial charge is 0.253 e. The second-order valence-corrected chi connectivity index (χ2v) is 9.39. The molecule has 5 rings (SSSR count). The quantitative estimate of drug-likeness (QED) is 0.295. The van der Waals surface area contributed by atoms with Crippen molar-refractivity contribution >= 4 is 28.6 Å². The summed E-state index contributed by atoms with van der Waals surface area (Å²) in [5.41, 5.74) is 9.49. The predicted octanol–water partition coefficient (Wildman–Crippen LogP) is 6.67. The van der Waals surface area contributed by atoms with Gasteiger partial charge in [-0.15, -0.1) is 0 Å². The number of nitrogens with zero attached hydrogens (tertiary/aromatic N) is 1. The summed E-state index contributed by atoms with van der Waals surface area (Å²) in [6.45, 7) is 2.50. The van der Waals surface area contributed by atoms with Crippen LogP contribution in [0.4, 0.5) is 5.69 Å². The van der Waals surface area contributed by atoms with Crippen LogP contribution in [0.5, 0.6) is 5.75 Å². The van der Waals surface area contributed by atoms with Crippen LogP contribution >= 0.6 is 11.3 Å². The number of anilines is 1. The molecule has 0 atom stereocenters. The summed E-state index contributed by atoms with van der Waals surface area (Å²) in [4.78, 5) is 17.3. The monoisotopic (exact) mass is 481 g/mol. The Labute approximate surface area is 209 Å². The standard InChI is InChI=1S/C29H27N3O2S/c1-19-6-10-24(32-28(21-7-8-21)23-12-13-35-18-23)15-26(19)27-11-9-22(17-30-27)29(33)31-16-20-4-3-5-25(14-20)34-2/h3-6,9-15,17-18,32H,7-8,16H2,1-2H3,(H,31,33). The van der Waals surface area contributed by atoms with Gasteiger partial charge in [0.25, 0.3) is 5.91 Å². The van der Waals surface area contributed by atoms with Gasteiger partial charge in [0.1, 0.15) is 5.75 Å². The van der Waals surface area contributed by atoms with E-state index in [1.165, 1.54) is 16.8 Å². The number of carbonyl (C=O) groups excluding carboxylic acids is 1. The summed E-state index contributed by atoms with van der Waals surface area (Å²) in [6, 6.07) is 19.9. The van der Waals surface area contributed by atoms with Gasteiger partial charge in [-0.2, -0.15) is 11.3 Å². The molecule has 2 N–H and O–H groups in total. The van der Waals surface area contributed by atoms with Crippen LogP contribution < -0.4 is 15.4 Å². The molecule has 0 radical (unpaired) electrons. The summed E-state index contributed by atoms with van der Waals surface area (Å²) in [6.07, 6.45) is 3.94. The van der Waals surface area contributed by atoms with Crippen molar-refractivity contribution in [1.82, 2.24) is 10.3 Å². The number of aromatic nitrogens is 1. The molecule has 1 saturated carbocycles. The maximum absolute atomic E-state index is 12.6. The Hall–Kier alpha value is -3.90. The molecule has 176 valence electrons. The molecule has 0 saturated heterocycles. The number of benzene rings is 2. The largest absolute Gasteiger partial charge is 0.497 e. The lowest BCUT2D eigenvalue weighted by Crippen LogP contribution is -2.22. The van der Waals surface area contributed by atoms with Crippen molar-refractivity contribution in [2.45, 2.75) is 26.3 Å². The third-order valence-electron chi connectivity index (χ3n) is 6.06. The lowest BCUT2D eigenvalue weighted by molar-refractivity contribution is 0.0950. The van der Waals surface area contributed by atoms with Crippen LogP contribution in [0.25, 0.3) is 17.0 Å². The van der Waals surface area contributed by atoms with Gasteiger partial charge in [-0.3, -0.25) is 9.78 Å². The van der Waals surface area contributed by atoms with E-state index in [0.717, 1.165) is 46.7 Å². The zero-order chi connectivity index (χ0) is 24.2. The van der Waals surface area contributed by atoms with E-state index >= 15 is 0 Å². The highest BCUT2D eigenvalue weighted by Crippen LogP contribution is 2.38. The maximum atomic E-state index is 12.6. The van der Waals surface area contributed by atoms with E-state index in [9.17, 15) is 4.79 Å². The molecule has 0 bridgehead atoms. The summed E-state index contributed by atoms with van der Waals surface area (Å²) in [7, 11) is 1.63. The topological polar surface area (TPSA) is 63.2 Å². The Morgan fingerprint density at radius 3 is 2.66 bits per heavy atom. The van der Waals surface area contributed by atoms with Crippen LogP contribution in [0.2, 0.25) is 0 Å². The molecule has 4 aromatic rings. The van der Waals surface area contributed by atoms with Gasteiger partial charge in [-0.05, 0) is 84.3 Å². The van der Waals surface area contributed by atoms with E-state index < -0.39 is 0 Å². The van der Waals surface area contributed by atoms with Gasteiger partial charge in [0.2, 0.25) is 0 Å². The number of hydrogen-bond acceptors (Lipinski definition) is 5. The molecule has 2 heterocycles. The average Bonchev–Trinajstić information content (AvgIpc) is 3.60. The molecule has 6 heteroatoms. The molecule has 35 heavy (non-hydrogen) atoms. The minimum atomic E-state index is -0.157. The van der Waals surface area contributed by atoms with Gasteiger partial charge >= 0.3 is 0 Å². The van der Waals surface area contributed by atoms with Gasteiger partial charge in [-0.25, -0.2) is 0 Å². The number of methoxy groups -OCH3 is 1. The van der Waals surface area contributed by atoms with Gasteiger partial charge in [0.05, 0.1) is 18.4 Å². The van der Waals surface area contributed by atoms with Gasteiger partial charge in [0, 0.05) is 40.6 Å². The summed E-state index contributed by atoms with van der Waals surface area (Å²) in [5, 5.41) is 10.9. The predicted molar refractivity (Wildman–Crippen MR) is 143 cm³/mol. The van der Waals surface area contributed by atoms with Crippen LogP contribution in [-0.4, -0.2) is 18.0 Å². The first-order valence-electron chi connectivity index (χ1n) is 11.6. The highest BCUT2D eigenvalue weighted by Gasteiger charge is 2.20. The van der Waals surface area contributed by atoms with E-state index in [4.69, 9.17) is 4.74 Å². The fraction of sp³-hybridized carbons (Fsp3) is 0.172. The third-order valence-corrected chi connectivity index (χ3v) is 6.74. The molecule has 5 nitrogen and oxygen atoms in total. The number of carbonyl (C=O) groups is 1. The number of aryl methyl sites for hydroxylation is 1. The van der Waals surface area contributed by atoms with Crippen molar-refractivity contribution < 1.29 is 9.53 Å². The Kier molecular flexibility index (Phi) is 6.64. The molecule has 0 unspecified atom stereocenters. The van der Waals surface area contributed by atoms with E-state index in [1.807, 2.05) is 36.4 Å². The van der Waals surface area contributed by atoms with Gasteiger partial charge in [0.15, 0.2) is 0 Å². The van der Waals surface area contributed by atoms with Crippen LogP contribution in [-0.2, 0) is 6.54 Å². The number of pyridine rings is 1. The molecule has 1 aliphatic rings. The summed E-state index contributed by atoms with van der Waals surface area (Å²) in [5.74, 6) is 0.612. The van der Waals surface area contributed by atoms with Gasteiger partial charge in [-0.1, -0.05) is 18.2 Å². The third kappa shape index (κ3) is 5.44. The Morgan fingerprint density at radius 1 is 1.06 bits per heavy atom. The number of ether oxygens (including phenoxy) is 1. The molecule has 0 aliphatic heterocycles. The Bertz CT molecular complexity index is 1370. The zero-order valence-corrected chi connectivity index (χ0v) is 20.6. The molecule has 1 amide bonds. The second-order valence-electron chi connectivity index (χ2n) is 8.61. The zero-order valence-electron chi connectivity index (χ0n) is 19.8. The highest BCUT2D eigenvalue weighted by atomic mass is 32.1. The maximum Gasteiger partial charge on any atom is 0.253 e. The fourth-order valence-corrected chi connectivity index (χ4v) is 4.61. The minimum Gasteiger partial charge on any atom is -0.497 e. The Balaban J connectivity index is 1.30. The van der Waals surface area contributed by atoms with E-state index in [2.05, 4.69) is 57.6 Å². The molecule has 1 aliphatic carbocycles. The number of hydrogen-bond donors (Lipinski definition) is 2. The fourth-order valence-electron chi connectivity index (χ4n) is 3.96. The lowest BCUT2D eigenvalue weighted by Gasteiger charge is -2.13. The molecule has 2 aromatic heterocycles. The number of allylic oxidation sites excluding steroid dienone is 1. The minimum absolute atomic E-state index is 0.157. The highest BCUT2D eigenvalue weighted by molar-refractivity contribution is 7.08. The number of thiophene rings is 1. The molecule has 1 fully saturated rings.